The van der Waals surface area contributed by atoms with E-state index in [2.05, 4.69) is 0 Å². The van der Waals surface area contributed by atoms with Crippen LogP contribution in [0.5, 0.6) is 0 Å². The van der Waals surface area contributed by atoms with Crippen molar-refractivity contribution in [2.24, 2.45) is 0 Å². The van der Waals surface area contributed by atoms with Gasteiger partial charge in [-0.1, -0.05) is 6.07 Å². The van der Waals surface area contributed by atoms with Crippen LogP contribution in [0.25, 0.3) is 0 Å². The minimum Gasteiger partial charge on any atom is -0.480 e. The van der Waals surface area contributed by atoms with Crippen molar-refractivity contribution in [2.75, 3.05) is 7.05 Å². The third-order valence-corrected chi connectivity index (χ3v) is 3.33. The Morgan fingerprint density at radius 2 is 2.06 bits per heavy atom. The molecule has 1 amide bonds. The minimum absolute atomic E-state index is 0.0938. The summed E-state index contributed by atoms with van der Waals surface area (Å²) in [5.41, 5.74) is -0.0938. The summed E-state index contributed by atoms with van der Waals surface area (Å²) in [6, 6.07) is 3.26. The smallest absolute Gasteiger partial charge is 0.326 e. The van der Waals surface area contributed by atoms with Gasteiger partial charge in [0.05, 0.1) is 5.56 Å². The highest BCUT2D eigenvalue weighted by Gasteiger charge is 2.26. The van der Waals surface area contributed by atoms with Crippen molar-refractivity contribution in [2.45, 2.75) is 13.0 Å². The Kier molecular flexibility index (Phi) is 4.44. The predicted molar refractivity (Wildman–Crippen MR) is 68.3 cm³/mol. The maximum absolute atomic E-state index is 13.5. The van der Waals surface area contributed by atoms with Crippen molar-refractivity contribution in [3.05, 3.63) is 33.1 Å². The molecule has 0 spiro atoms. The Labute approximate surface area is 112 Å². The number of nitrogens with zero attached hydrogens (tertiary/aromatic N) is 1. The van der Waals surface area contributed by atoms with Crippen LogP contribution in [-0.2, 0) is 4.79 Å². The number of carbonyl (C=O) groups excluding carboxylic acids is 1. The third kappa shape index (κ3) is 2.93. The highest BCUT2D eigenvalue weighted by Crippen LogP contribution is 2.18. The van der Waals surface area contributed by atoms with Crippen LogP contribution in [0.2, 0.25) is 0 Å². The number of likely N-dealkylation sites (N-methyl/N-ethyl adjacent to an activating group) is 1. The van der Waals surface area contributed by atoms with Gasteiger partial charge in [0.2, 0.25) is 0 Å². The van der Waals surface area contributed by atoms with Crippen molar-refractivity contribution in [1.29, 1.82) is 0 Å². The van der Waals surface area contributed by atoms with Gasteiger partial charge in [-0.2, -0.15) is 0 Å². The number of carboxylic acids is 1. The van der Waals surface area contributed by atoms with Gasteiger partial charge in [0.15, 0.2) is 0 Å². The molecular weight excluding hydrogens is 340 g/mol. The molecule has 0 radical (unpaired) electrons. The fourth-order valence-corrected chi connectivity index (χ4v) is 1.92. The molecule has 0 saturated heterocycles. The van der Waals surface area contributed by atoms with Crippen LogP contribution in [0.3, 0.4) is 0 Å². The number of rotatable bonds is 3. The zero-order chi connectivity index (χ0) is 13.2. The first-order chi connectivity index (χ1) is 7.86. The maximum atomic E-state index is 13.5. The lowest BCUT2D eigenvalue weighted by atomic mass is 10.1. The molecule has 1 aromatic carbocycles. The number of carboxylic acid groups (broad SMARTS) is 1. The number of aliphatic carboxylic acids is 1. The van der Waals surface area contributed by atoms with Crippen LogP contribution in [0, 0.1) is 9.39 Å². The van der Waals surface area contributed by atoms with Crippen LogP contribution in [-0.4, -0.2) is 35.0 Å². The molecule has 4 nitrogen and oxygen atoms in total. The third-order valence-electron chi connectivity index (χ3n) is 2.44. The molecule has 0 saturated carbocycles. The molecule has 92 valence electrons. The molecule has 1 N–H and O–H groups in total. The lowest BCUT2D eigenvalue weighted by molar-refractivity contribution is -0.141. The first-order valence-corrected chi connectivity index (χ1v) is 5.88. The highest BCUT2D eigenvalue weighted by atomic mass is 127. The second-order valence-corrected chi connectivity index (χ2v) is 4.69. The summed E-state index contributed by atoms with van der Waals surface area (Å²) in [6.07, 6.45) is 0. The molecule has 0 aromatic heterocycles. The van der Waals surface area contributed by atoms with E-state index in [9.17, 15) is 14.0 Å². The summed E-state index contributed by atoms with van der Waals surface area (Å²) < 4.78 is 14.0. The number of hydrogen-bond acceptors (Lipinski definition) is 2. The van der Waals surface area contributed by atoms with E-state index < -0.39 is 23.7 Å². The van der Waals surface area contributed by atoms with Crippen molar-refractivity contribution in [3.63, 3.8) is 0 Å². The van der Waals surface area contributed by atoms with Gasteiger partial charge < -0.3 is 10.0 Å². The molecule has 1 unspecified atom stereocenters. The molecule has 0 aliphatic rings. The summed E-state index contributed by atoms with van der Waals surface area (Å²) in [4.78, 5) is 23.7. The van der Waals surface area contributed by atoms with E-state index in [1.54, 1.807) is 6.07 Å². The van der Waals surface area contributed by atoms with E-state index >= 15 is 0 Å². The van der Waals surface area contributed by atoms with E-state index in [4.69, 9.17) is 5.11 Å². The highest BCUT2D eigenvalue weighted by molar-refractivity contribution is 14.1. The number of amides is 1. The van der Waals surface area contributed by atoms with E-state index in [1.807, 2.05) is 22.6 Å². The molecule has 6 heteroatoms. The van der Waals surface area contributed by atoms with Crippen molar-refractivity contribution in [3.8, 4) is 0 Å². The number of hydrogen-bond donors (Lipinski definition) is 1. The quantitative estimate of drug-likeness (QED) is 0.848. The van der Waals surface area contributed by atoms with Gasteiger partial charge in [-0.3, -0.25) is 4.79 Å². The molecule has 1 atom stereocenters. The summed E-state index contributed by atoms with van der Waals surface area (Å²) in [7, 11) is 1.34. The Morgan fingerprint density at radius 1 is 1.47 bits per heavy atom. The largest absolute Gasteiger partial charge is 0.480 e. The van der Waals surface area contributed by atoms with Crippen molar-refractivity contribution >= 4 is 34.5 Å². The van der Waals surface area contributed by atoms with Gasteiger partial charge in [0, 0.05) is 10.6 Å². The van der Waals surface area contributed by atoms with Gasteiger partial charge in [-0.05, 0) is 41.6 Å². The molecule has 1 rings (SSSR count). The Bertz CT molecular complexity index is 444. The monoisotopic (exact) mass is 351 g/mol. The summed E-state index contributed by atoms with van der Waals surface area (Å²) in [6.45, 7) is 1.37. The zero-order valence-corrected chi connectivity index (χ0v) is 11.4. The fraction of sp³-hybridized carbons (Fsp3) is 0.273. The lowest BCUT2D eigenvalue weighted by Crippen LogP contribution is -2.40. The molecule has 17 heavy (non-hydrogen) atoms. The van der Waals surface area contributed by atoms with Crippen molar-refractivity contribution < 1.29 is 19.1 Å². The summed E-state index contributed by atoms with van der Waals surface area (Å²) >= 11 is 1.84. The van der Waals surface area contributed by atoms with E-state index in [0.29, 0.717) is 3.57 Å². The van der Waals surface area contributed by atoms with Gasteiger partial charge in [0.1, 0.15) is 11.9 Å². The number of carbonyl (C=O) groups is 2. The molecular formula is C11H11FINO3. The van der Waals surface area contributed by atoms with Crippen LogP contribution >= 0.6 is 22.6 Å². The van der Waals surface area contributed by atoms with Crippen LogP contribution in [0.15, 0.2) is 18.2 Å². The molecule has 0 bridgehead atoms. The Hall–Kier alpha value is -1.18. The molecule has 1 aromatic rings. The SMILES string of the molecule is CC(C(=O)O)N(C)C(=O)c1c(F)cccc1I. The van der Waals surface area contributed by atoms with E-state index in [-0.39, 0.29) is 5.56 Å². The normalized spacial score (nSPS) is 12.0. The second kappa shape index (κ2) is 5.44. The average molecular weight is 351 g/mol. The summed E-state index contributed by atoms with van der Waals surface area (Å²) in [5, 5.41) is 8.80. The zero-order valence-electron chi connectivity index (χ0n) is 9.28. The predicted octanol–water partition coefficient (Wildman–Crippen LogP) is 1.98. The molecule has 0 aliphatic heterocycles. The first kappa shape index (κ1) is 13.9. The number of benzene rings is 1. The van der Waals surface area contributed by atoms with Crippen LogP contribution in [0.4, 0.5) is 4.39 Å². The van der Waals surface area contributed by atoms with E-state index in [1.165, 1.54) is 26.1 Å². The minimum atomic E-state index is -1.13. The second-order valence-electron chi connectivity index (χ2n) is 3.53. The van der Waals surface area contributed by atoms with Gasteiger partial charge in [0.25, 0.3) is 5.91 Å². The molecule has 0 aliphatic carbocycles. The van der Waals surface area contributed by atoms with Crippen LogP contribution in [0.1, 0.15) is 17.3 Å². The summed E-state index contributed by atoms with van der Waals surface area (Å²) in [5.74, 6) is -2.42. The van der Waals surface area contributed by atoms with Gasteiger partial charge in [-0.15, -0.1) is 0 Å². The first-order valence-electron chi connectivity index (χ1n) is 4.80. The number of halogens is 2. The lowest BCUT2D eigenvalue weighted by Gasteiger charge is -2.22. The maximum Gasteiger partial charge on any atom is 0.326 e. The fourth-order valence-electron chi connectivity index (χ4n) is 1.22. The topological polar surface area (TPSA) is 57.6 Å². The standard InChI is InChI=1S/C11H11FINO3/c1-6(11(16)17)14(2)10(15)9-7(12)4-3-5-8(9)13/h3-6H,1-2H3,(H,16,17). The van der Waals surface area contributed by atoms with Crippen molar-refractivity contribution in [1.82, 2.24) is 4.90 Å². The van der Waals surface area contributed by atoms with E-state index in [0.717, 1.165) is 4.90 Å². The Balaban J connectivity index is 3.09. The van der Waals surface area contributed by atoms with Crippen LogP contribution < -0.4 is 0 Å². The molecule has 0 heterocycles. The average Bonchev–Trinajstić information content (AvgIpc) is 2.26. The molecule has 0 fully saturated rings. The van der Waals surface area contributed by atoms with Gasteiger partial charge >= 0.3 is 5.97 Å². The van der Waals surface area contributed by atoms with Gasteiger partial charge in [-0.25, -0.2) is 9.18 Å². The Morgan fingerprint density at radius 3 is 2.53 bits per heavy atom.